The number of aromatic nitrogens is 2. The first-order chi connectivity index (χ1) is 7.74. The molecule has 2 aromatic rings. The van der Waals surface area contributed by atoms with E-state index in [1.807, 2.05) is 0 Å². The van der Waals surface area contributed by atoms with Gasteiger partial charge in [0.1, 0.15) is 5.82 Å². The van der Waals surface area contributed by atoms with E-state index < -0.39 is 0 Å². The molecule has 16 heavy (non-hydrogen) atoms. The first-order valence-electron chi connectivity index (χ1n) is 6.19. The standard InChI is InChI=1S/C14H20N2/c1-4-5-10-16-13-9-7-6-8-12(13)15-14(16)11(2)3/h6-9,11H,4-5,10H2,1-3H3. The van der Waals surface area contributed by atoms with Gasteiger partial charge in [-0.1, -0.05) is 39.3 Å². The quantitative estimate of drug-likeness (QED) is 0.756. The second kappa shape index (κ2) is 4.69. The van der Waals surface area contributed by atoms with Crippen molar-refractivity contribution in [3.8, 4) is 0 Å². The Hall–Kier alpha value is -1.31. The molecule has 0 aliphatic rings. The first-order valence-corrected chi connectivity index (χ1v) is 6.19. The van der Waals surface area contributed by atoms with Gasteiger partial charge >= 0.3 is 0 Å². The summed E-state index contributed by atoms with van der Waals surface area (Å²) in [4.78, 5) is 4.73. The average Bonchev–Trinajstić information content (AvgIpc) is 2.65. The molecule has 1 heterocycles. The van der Waals surface area contributed by atoms with Crippen LogP contribution >= 0.6 is 0 Å². The zero-order valence-electron chi connectivity index (χ0n) is 10.4. The van der Waals surface area contributed by atoms with E-state index in [2.05, 4.69) is 49.6 Å². The van der Waals surface area contributed by atoms with Crippen LogP contribution in [0.1, 0.15) is 45.4 Å². The van der Waals surface area contributed by atoms with Gasteiger partial charge in [0.2, 0.25) is 0 Å². The lowest BCUT2D eigenvalue weighted by Gasteiger charge is -2.10. The fourth-order valence-electron chi connectivity index (χ4n) is 2.09. The summed E-state index contributed by atoms with van der Waals surface area (Å²) in [7, 11) is 0. The Bertz CT molecular complexity index is 469. The van der Waals surface area contributed by atoms with Crippen LogP contribution in [0.2, 0.25) is 0 Å². The number of para-hydroxylation sites is 2. The summed E-state index contributed by atoms with van der Waals surface area (Å²) in [5.74, 6) is 1.71. The van der Waals surface area contributed by atoms with E-state index in [0.29, 0.717) is 5.92 Å². The van der Waals surface area contributed by atoms with Gasteiger partial charge in [-0.2, -0.15) is 0 Å². The molecule has 0 N–H and O–H groups in total. The van der Waals surface area contributed by atoms with Gasteiger partial charge in [-0.25, -0.2) is 4.98 Å². The number of nitrogens with zero attached hydrogens (tertiary/aromatic N) is 2. The number of benzene rings is 1. The van der Waals surface area contributed by atoms with Gasteiger partial charge in [-0.15, -0.1) is 0 Å². The normalized spacial score (nSPS) is 11.5. The van der Waals surface area contributed by atoms with Gasteiger partial charge in [0.05, 0.1) is 11.0 Å². The van der Waals surface area contributed by atoms with E-state index in [-0.39, 0.29) is 0 Å². The van der Waals surface area contributed by atoms with Crippen LogP contribution in [-0.2, 0) is 6.54 Å². The number of aryl methyl sites for hydroxylation is 1. The third-order valence-electron chi connectivity index (χ3n) is 2.94. The van der Waals surface area contributed by atoms with Crippen LogP contribution in [0.3, 0.4) is 0 Å². The van der Waals surface area contributed by atoms with E-state index in [4.69, 9.17) is 4.98 Å². The van der Waals surface area contributed by atoms with Gasteiger partial charge in [0, 0.05) is 12.5 Å². The molecule has 0 aliphatic heterocycles. The number of unbranched alkanes of at least 4 members (excludes halogenated alkanes) is 1. The molecule has 2 heteroatoms. The molecule has 1 aromatic heterocycles. The highest BCUT2D eigenvalue weighted by atomic mass is 15.1. The first kappa shape index (κ1) is 11.2. The van der Waals surface area contributed by atoms with Crippen LogP contribution in [0.5, 0.6) is 0 Å². The van der Waals surface area contributed by atoms with Gasteiger partial charge in [0.25, 0.3) is 0 Å². The molecule has 0 amide bonds. The van der Waals surface area contributed by atoms with Crippen LogP contribution in [0.4, 0.5) is 0 Å². The summed E-state index contributed by atoms with van der Waals surface area (Å²) in [6.07, 6.45) is 2.45. The van der Waals surface area contributed by atoms with Crippen LogP contribution in [0, 0.1) is 0 Å². The SMILES string of the molecule is CCCCn1c(C(C)C)nc2ccccc21. The molecule has 2 nitrogen and oxygen atoms in total. The summed E-state index contributed by atoms with van der Waals surface area (Å²) in [6, 6.07) is 8.42. The van der Waals surface area contributed by atoms with E-state index in [1.54, 1.807) is 0 Å². The summed E-state index contributed by atoms with van der Waals surface area (Å²) in [5.41, 5.74) is 2.40. The minimum Gasteiger partial charge on any atom is -0.328 e. The van der Waals surface area contributed by atoms with Gasteiger partial charge in [-0.05, 0) is 18.6 Å². The van der Waals surface area contributed by atoms with Crippen molar-refractivity contribution >= 4 is 11.0 Å². The molecule has 0 saturated heterocycles. The highest BCUT2D eigenvalue weighted by Crippen LogP contribution is 2.22. The van der Waals surface area contributed by atoms with Gasteiger partial charge in [0.15, 0.2) is 0 Å². The number of hydrogen-bond acceptors (Lipinski definition) is 1. The lowest BCUT2D eigenvalue weighted by molar-refractivity contribution is 0.595. The van der Waals surface area contributed by atoms with Crippen LogP contribution < -0.4 is 0 Å². The largest absolute Gasteiger partial charge is 0.328 e. The fourth-order valence-corrected chi connectivity index (χ4v) is 2.09. The maximum atomic E-state index is 4.73. The molecule has 0 spiro atoms. The Morgan fingerprint density at radius 1 is 1.25 bits per heavy atom. The summed E-state index contributed by atoms with van der Waals surface area (Å²) < 4.78 is 2.38. The minimum absolute atomic E-state index is 0.490. The predicted molar refractivity (Wildman–Crippen MR) is 68.7 cm³/mol. The van der Waals surface area contributed by atoms with Crippen LogP contribution in [-0.4, -0.2) is 9.55 Å². The summed E-state index contributed by atoms with van der Waals surface area (Å²) >= 11 is 0. The zero-order chi connectivity index (χ0) is 11.5. The fraction of sp³-hybridized carbons (Fsp3) is 0.500. The Morgan fingerprint density at radius 3 is 2.69 bits per heavy atom. The third kappa shape index (κ3) is 1.97. The molecule has 0 aliphatic carbocycles. The number of fused-ring (bicyclic) bond motifs is 1. The van der Waals surface area contributed by atoms with Gasteiger partial charge < -0.3 is 4.57 Å². The maximum absolute atomic E-state index is 4.73. The molecule has 86 valence electrons. The Kier molecular flexibility index (Phi) is 3.28. The van der Waals surface area contributed by atoms with E-state index in [9.17, 15) is 0 Å². The monoisotopic (exact) mass is 216 g/mol. The smallest absolute Gasteiger partial charge is 0.112 e. The molecule has 0 unspecified atom stereocenters. The maximum Gasteiger partial charge on any atom is 0.112 e. The highest BCUT2D eigenvalue weighted by Gasteiger charge is 2.12. The molecule has 0 radical (unpaired) electrons. The number of imidazole rings is 1. The minimum atomic E-state index is 0.490. The van der Waals surface area contributed by atoms with Crippen molar-refractivity contribution in [1.29, 1.82) is 0 Å². The van der Waals surface area contributed by atoms with Crippen molar-refractivity contribution in [2.45, 2.75) is 46.1 Å². The van der Waals surface area contributed by atoms with Crippen molar-refractivity contribution in [2.75, 3.05) is 0 Å². The molecule has 0 bridgehead atoms. The van der Waals surface area contributed by atoms with Crippen molar-refractivity contribution in [2.24, 2.45) is 0 Å². The molecule has 1 aromatic carbocycles. The lowest BCUT2D eigenvalue weighted by Crippen LogP contribution is -2.05. The van der Waals surface area contributed by atoms with E-state index >= 15 is 0 Å². The summed E-state index contributed by atoms with van der Waals surface area (Å²) in [5, 5.41) is 0. The number of rotatable bonds is 4. The number of hydrogen-bond donors (Lipinski definition) is 0. The second-order valence-corrected chi connectivity index (χ2v) is 4.62. The molecule has 2 rings (SSSR count). The van der Waals surface area contributed by atoms with E-state index in [1.165, 1.54) is 24.2 Å². The Labute approximate surface area is 97.3 Å². The topological polar surface area (TPSA) is 17.8 Å². The van der Waals surface area contributed by atoms with Crippen LogP contribution in [0.25, 0.3) is 11.0 Å². The lowest BCUT2D eigenvalue weighted by atomic mass is 10.2. The highest BCUT2D eigenvalue weighted by molar-refractivity contribution is 5.76. The molecular formula is C14H20N2. The second-order valence-electron chi connectivity index (χ2n) is 4.62. The average molecular weight is 216 g/mol. The zero-order valence-corrected chi connectivity index (χ0v) is 10.4. The predicted octanol–water partition coefficient (Wildman–Crippen LogP) is 3.96. The molecular weight excluding hydrogens is 196 g/mol. The van der Waals surface area contributed by atoms with Crippen molar-refractivity contribution in [3.05, 3.63) is 30.1 Å². The van der Waals surface area contributed by atoms with Crippen LogP contribution in [0.15, 0.2) is 24.3 Å². The van der Waals surface area contributed by atoms with Crippen molar-refractivity contribution < 1.29 is 0 Å². The van der Waals surface area contributed by atoms with Gasteiger partial charge in [-0.3, -0.25) is 0 Å². The third-order valence-corrected chi connectivity index (χ3v) is 2.94. The van der Waals surface area contributed by atoms with Crippen molar-refractivity contribution in [3.63, 3.8) is 0 Å². The summed E-state index contributed by atoms with van der Waals surface area (Å²) in [6.45, 7) is 7.74. The Morgan fingerprint density at radius 2 is 2.00 bits per heavy atom. The van der Waals surface area contributed by atoms with E-state index in [0.717, 1.165) is 12.1 Å². The molecule has 0 saturated carbocycles. The molecule has 0 fully saturated rings. The van der Waals surface area contributed by atoms with Crippen molar-refractivity contribution in [1.82, 2.24) is 9.55 Å². The molecule has 0 atom stereocenters. The Balaban J connectivity index is 2.51.